The third-order valence-electron chi connectivity index (χ3n) is 4.90. The average molecular weight is 319 g/mol. The highest BCUT2D eigenvalue weighted by molar-refractivity contribution is 5.91. The molecule has 0 aliphatic carbocycles. The zero-order chi connectivity index (χ0) is 16.1. The van der Waals surface area contributed by atoms with Crippen LogP contribution in [0.2, 0.25) is 0 Å². The molecule has 0 aromatic carbocycles. The van der Waals surface area contributed by atoms with E-state index in [-0.39, 0.29) is 5.91 Å². The molecule has 1 amide bonds. The molecule has 0 radical (unpaired) electrons. The first-order chi connectivity index (χ1) is 11.3. The third kappa shape index (κ3) is 4.36. The summed E-state index contributed by atoms with van der Waals surface area (Å²) in [5, 5.41) is 0. The van der Waals surface area contributed by atoms with Gasteiger partial charge in [0.05, 0.1) is 6.54 Å². The number of hydrogen-bond acceptors (Lipinski definition) is 4. The lowest BCUT2D eigenvalue weighted by Gasteiger charge is -2.34. The molecular weight excluding hydrogens is 290 g/mol. The van der Waals surface area contributed by atoms with Crippen LogP contribution in [0.4, 0.5) is 0 Å². The second-order valence-electron chi connectivity index (χ2n) is 6.74. The normalized spacial score (nSPS) is 20.8. The van der Waals surface area contributed by atoms with Crippen molar-refractivity contribution < 1.29 is 9.21 Å². The number of carbonyl (C=O) groups excluding carboxylic acids is 1. The largest absolute Gasteiger partial charge is 0.455 e. The summed E-state index contributed by atoms with van der Waals surface area (Å²) < 4.78 is 5.83. The zero-order valence-electron chi connectivity index (χ0n) is 14.3. The molecule has 2 fully saturated rings. The number of furan rings is 1. The summed E-state index contributed by atoms with van der Waals surface area (Å²) in [6.07, 6.45) is 5.05. The Hall–Kier alpha value is -1.33. The SMILES string of the molecule is CCCN1CCN(C(=O)c2ccc(CN3CCCCC3)o2)CC1. The number of likely N-dealkylation sites (tertiary alicyclic amines) is 1. The molecule has 2 aliphatic heterocycles. The van der Waals surface area contributed by atoms with Gasteiger partial charge in [-0.15, -0.1) is 0 Å². The maximum atomic E-state index is 12.6. The van der Waals surface area contributed by atoms with Crippen LogP contribution < -0.4 is 0 Å². The monoisotopic (exact) mass is 319 g/mol. The molecule has 3 rings (SSSR count). The fourth-order valence-electron chi connectivity index (χ4n) is 3.56. The molecule has 128 valence electrons. The van der Waals surface area contributed by atoms with E-state index in [2.05, 4.69) is 16.7 Å². The first-order valence-corrected chi connectivity index (χ1v) is 9.09. The Bertz CT molecular complexity index is 500. The van der Waals surface area contributed by atoms with E-state index < -0.39 is 0 Å². The van der Waals surface area contributed by atoms with Crippen LogP contribution in [0.15, 0.2) is 16.5 Å². The number of hydrogen-bond donors (Lipinski definition) is 0. The topological polar surface area (TPSA) is 39.9 Å². The lowest BCUT2D eigenvalue weighted by molar-refractivity contribution is 0.0602. The van der Waals surface area contributed by atoms with Crippen molar-refractivity contribution in [1.29, 1.82) is 0 Å². The van der Waals surface area contributed by atoms with E-state index in [1.807, 2.05) is 17.0 Å². The maximum absolute atomic E-state index is 12.6. The first kappa shape index (κ1) is 16.5. The van der Waals surface area contributed by atoms with Gasteiger partial charge >= 0.3 is 0 Å². The molecule has 5 heteroatoms. The lowest BCUT2D eigenvalue weighted by Crippen LogP contribution is -2.48. The van der Waals surface area contributed by atoms with Gasteiger partial charge in [0, 0.05) is 26.2 Å². The summed E-state index contributed by atoms with van der Waals surface area (Å²) in [5.74, 6) is 1.46. The summed E-state index contributed by atoms with van der Waals surface area (Å²) in [5.41, 5.74) is 0. The van der Waals surface area contributed by atoms with Gasteiger partial charge in [0.15, 0.2) is 5.76 Å². The zero-order valence-corrected chi connectivity index (χ0v) is 14.3. The van der Waals surface area contributed by atoms with Gasteiger partial charge in [-0.3, -0.25) is 14.6 Å². The van der Waals surface area contributed by atoms with Crippen molar-refractivity contribution in [2.45, 2.75) is 39.2 Å². The van der Waals surface area contributed by atoms with E-state index in [1.165, 1.54) is 25.7 Å². The minimum atomic E-state index is 0.0473. The lowest BCUT2D eigenvalue weighted by atomic mass is 10.1. The minimum absolute atomic E-state index is 0.0473. The highest BCUT2D eigenvalue weighted by atomic mass is 16.4. The van der Waals surface area contributed by atoms with Crippen LogP contribution in [-0.2, 0) is 6.54 Å². The second-order valence-corrected chi connectivity index (χ2v) is 6.74. The summed E-state index contributed by atoms with van der Waals surface area (Å²) in [6.45, 7) is 10.0. The smallest absolute Gasteiger partial charge is 0.289 e. The molecular formula is C18H29N3O2. The van der Waals surface area contributed by atoms with E-state index in [0.29, 0.717) is 5.76 Å². The van der Waals surface area contributed by atoms with Crippen molar-refractivity contribution in [1.82, 2.24) is 14.7 Å². The first-order valence-electron chi connectivity index (χ1n) is 9.09. The quantitative estimate of drug-likeness (QED) is 0.836. The van der Waals surface area contributed by atoms with E-state index in [9.17, 15) is 4.79 Å². The van der Waals surface area contributed by atoms with Crippen LogP contribution in [0.5, 0.6) is 0 Å². The number of piperazine rings is 1. The van der Waals surface area contributed by atoms with Gasteiger partial charge in [-0.2, -0.15) is 0 Å². The van der Waals surface area contributed by atoms with Crippen molar-refractivity contribution >= 4 is 5.91 Å². The van der Waals surface area contributed by atoms with Gasteiger partial charge in [0.1, 0.15) is 5.76 Å². The number of nitrogens with zero attached hydrogens (tertiary/aromatic N) is 3. The van der Waals surface area contributed by atoms with Gasteiger partial charge in [-0.05, 0) is 51.0 Å². The van der Waals surface area contributed by atoms with Crippen molar-refractivity contribution in [3.05, 3.63) is 23.7 Å². The maximum Gasteiger partial charge on any atom is 0.289 e. The standard InChI is InChI=1S/C18H29N3O2/c1-2-8-19-11-13-21(14-12-19)18(22)17-7-6-16(23-17)15-20-9-4-3-5-10-20/h6-7H,2-5,8-15H2,1H3. The summed E-state index contributed by atoms with van der Waals surface area (Å²) in [6, 6.07) is 3.81. The van der Waals surface area contributed by atoms with Crippen LogP contribution in [-0.4, -0.2) is 66.4 Å². The van der Waals surface area contributed by atoms with Crippen molar-refractivity contribution in [2.24, 2.45) is 0 Å². The van der Waals surface area contributed by atoms with Crippen LogP contribution in [0.1, 0.15) is 48.9 Å². The molecule has 0 atom stereocenters. The van der Waals surface area contributed by atoms with E-state index in [4.69, 9.17) is 4.42 Å². The Morgan fingerprint density at radius 2 is 1.74 bits per heavy atom. The van der Waals surface area contributed by atoms with E-state index in [0.717, 1.165) is 58.1 Å². The predicted molar refractivity (Wildman–Crippen MR) is 90.5 cm³/mol. The van der Waals surface area contributed by atoms with Gasteiger partial charge in [-0.25, -0.2) is 0 Å². The van der Waals surface area contributed by atoms with Gasteiger partial charge in [-0.1, -0.05) is 13.3 Å². The highest BCUT2D eigenvalue weighted by Gasteiger charge is 2.24. The Labute approximate surface area is 139 Å². The van der Waals surface area contributed by atoms with Crippen LogP contribution >= 0.6 is 0 Å². The van der Waals surface area contributed by atoms with E-state index >= 15 is 0 Å². The van der Waals surface area contributed by atoms with Gasteiger partial charge in [0.25, 0.3) is 5.91 Å². The molecule has 5 nitrogen and oxygen atoms in total. The molecule has 3 heterocycles. The Morgan fingerprint density at radius 3 is 2.43 bits per heavy atom. The van der Waals surface area contributed by atoms with Gasteiger partial charge < -0.3 is 9.32 Å². The number of rotatable bonds is 5. The number of piperidine rings is 1. The van der Waals surface area contributed by atoms with Crippen LogP contribution in [0.25, 0.3) is 0 Å². The molecule has 1 aromatic heterocycles. The van der Waals surface area contributed by atoms with Crippen molar-refractivity contribution in [3.8, 4) is 0 Å². The highest BCUT2D eigenvalue weighted by Crippen LogP contribution is 2.17. The fraction of sp³-hybridized carbons (Fsp3) is 0.722. The average Bonchev–Trinajstić information content (AvgIpc) is 3.05. The predicted octanol–water partition coefficient (Wildman–Crippen LogP) is 2.43. The molecule has 2 aliphatic rings. The second kappa shape index (κ2) is 7.97. The molecule has 2 saturated heterocycles. The molecule has 1 aromatic rings. The molecule has 0 unspecified atom stereocenters. The summed E-state index contributed by atoms with van der Waals surface area (Å²) >= 11 is 0. The molecule has 0 saturated carbocycles. The molecule has 23 heavy (non-hydrogen) atoms. The fourth-order valence-corrected chi connectivity index (χ4v) is 3.56. The van der Waals surface area contributed by atoms with E-state index in [1.54, 1.807) is 0 Å². The van der Waals surface area contributed by atoms with Crippen molar-refractivity contribution in [3.63, 3.8) is 0 Å². The molecule has 0 spiro atoms. The Kier molecular flexibility index (Phi) is 5.73. The number of amides is 1. The van der Waals surface area contributed by atoms with Crippen LogP contribution in [0.3, 0.4) is 0 Å². The molecule has 0 N–H and O–H groups in total. The Balaban J connectivity index is 1.52. The summed E-state index contributed by atoms with van der Waals surface area (Å²) in [7, 11) is 0. The molecule has 0 bridgehead atoms. The number of carbonyl (C=O) groups is 1. The van der Waals surface area contributed by atoms with Crippen LogP contribution in [0, 0.1) is 0 Å². The third-order valence-corrected chi connectivity index (χ3v) is 4.90. The van der Waals surface area contributed by atoms with Crippen molar-refractivity contribution in [2.75, 3.05) is 45.8 Å². The Morgan fingerprint density at radius 1 is 1.00 bits per heavy atom. The summed E-state index contributed by atoms with van der Waals surface area (Å²) in [4.78, 5) is 19.3. The minimum Gasteiger partial charge on any atom is -0.455 e. The van der Waals surface area contributed by atoms with Gasteiger partial charge in [0.2, 0.25) is 0 Å².